The van der Waals surface area contributed by atoms with E-state index in [1.165, 1.54) is 0 Å². The summed E-state index contributed by atoms with van der Waals surface area (Å²) >= 11 is 5.82. The number of rotatable bonds is 1. The molecule has 1 aromatic carbocycles. The first-order chi connectivity index (χ1) is 6.31. The molecule has 1 atom stereocenters. The maximum atomic E-state index is 10.7. The molecule has 0 saturated carbocycles. The average Bonchev–Trinajstić information content (AvgIpc) is 2.16. The summed E-state index contributed by atoms with van der Waals surface area (Å²) in [6, 6.07) is 5.27. The van der Waals surface area contributed by atoms with Gasteiger partial charge in [0.15, 0.2) is 0 Å². The van der Waals surface area contributed by atoms with Crippen LogP contribution in [0.2, 0.25) is 5.02 Å². The Hall–Kier alpha value is -1.28. The Bertz CT molecular complexity index is 373. The molecule has 0 aromatic heterocycles. The minimum absolute atomic E-state index is 0.239. The summed E-state index contributed by atoms with van der Waals surface area (Å²) in [7, 11) is 0. The zero-order valence-electron chi connectivity index (χ0n) is 6.83. The second-order valence-corrected chi connectivity index (χ2v) is 3.32. The number of benzene rings is 1. The van der Waals surface area contributed by atoms with Crippen LogP contribution >= 0.6 is 11.6 Å². The lowest BCUT2D eigenvalue weighted by molar-refractivity contribution is -0.109. The van der Waals surface area contributed by atoms with Crippen LogP contribution in [0, 0.1) is 0 Å². The number of carbonyl (C=O) groups excluding carboxylic acids is 1. The van der Waals surface area contributed by atoms with Crippen molar-refractivity contribution in [3.05, 3.63) is 40.5 Å². The normalized spacial score (nSPS) is 19.0. The summed E-state index contributed by atoms with van der Waals surface area (Å²) in [5.41, 5.74) is 1.98. The Balaban J connectivity index is 2.53. The molecule has 1 unspecified atom stereocenters. The lowest BCUT2D eigenvalue weighted by Gasteiger charge is -2.18. The van der Waals surface area contributed by atoms with Gasteiger partial charge in [-0.25, -0.2) is 0 Å². The Morgan fingerprint density at radius 2 is 2.31 bits per heavy atom. The lowest BCUT2D eigenvalue weighted by atomic mass is 9.99. The lowest BCUT2D eigenvalue weighted by Crippen LogP contribution is -2.20. The van der Waals surface area contributed by atoms with E-state index in [4.69, 9.17) is 11.6 Å². The third-order valence-electron chi connectivity index (χ3n) is 2.06. The molecule has 66 valence electrons. The Kier molecular flexibility index (Phi) is 2.07. The van der Waals surface area contributed by atoms with Gasteiger partial charge in [-0.3, -0.25) is 0 Å². The predicted molar refractivity (Wildman–Crippen MR) is 52.4 cm³/mol. The number of hydrogen-bond acceptors (Lipinski definition) is 2. The maximum absolute atomic E-state index is 10.7. The van der Waals surface area contributed by atoms with Crippen molar-refractivity contribution in [2.24, 2.45) is 0 Å². The molecule has 1 aliphatic heterocycles. The van der Waals surface area contributed by atoms with Crippen molar-refractivity contribution < 1.29 is 4.79 Å². The van der Waals surface area contributed by atoms with E-state index in [1.807, 2.05) is 18.2 Å². The van der Waals surface area contributed by atoms with E-state index >= 15 is 0 Å². The van der Waals surface area contributed by atoms with Gasteiger partial charge in [0.1, 0.15) is 12.3 Å². The van der Waals surface area contributed by atoms with Gasteiger partial charge in [-0.15, -0.1) is 0 Å². The number of aldehydes is 1. The van der Waals surface area contributed by atoms with Gasteiger partial charge < -0.3 is 10.1 Å². The predicted octanol–water partition coefficient (Wildman–Crippen LogP) is 2.15. The molecule has 1 heterocycles. The van der Waals surface area contributed by atoms with Crippen LogP contribution in [0.1, 0.15) is 17.2 Å². The van der Waals surface area contributed by atoms with E-state index in [-0.39, 0.29) is 6.04 Å². The summed E-state index contributed by atoms with van der Waals surface area (Å²) < 4.78 is 0. The van der Waals surface area contributed by atoms with Crippen molar-refractivity contribution in [1.82, 2.24) is 5.32 Å². The first-order valence-electron chi connectivity index (χ1n) is 3.98. The minimum Gasteiger partial charge on any atom is -0.378 e. The van der Waals surface area contributed by atoms with Crippen molar-refractivity contribution in [1.29, 1.82) is 0 Å². The number of nitrogens with one attached hydrogen (secondary N) is 1. The third kappa shape index (κ3) is 1.45. The molecule has 1 aliphatic rings. The van der Waals surface area contributed by atoms with Gasteiger partial charge >= 0.3 is 0 Å². The van der Waals surface area contributed by atoms with E-state index in [0.717, 1.165) is 17.4 Å². The van der Waals surface area contributed by atoms with Crippen molar-refractivity contribution in [3.63, 3.8) is 0 Å². The third-order valence-corrected chi connectivity index (χ3v) is 2.29. The van der Waals surface area contributed by atoms with Gasteiger partial charge in [-0.05, 0) is 35.5 Å². The molecule has 3 heteroatoms. The molecule has 0 spiro atoms. The van der Waals surface area contributed by atoms with E-state index < -0.39 is 0 Å². The van der Waals surface area contributed by atoms with E-state index in [0.29, 0.717) is 5.02 Å². The monoisotopic (exact) mass is 193 g/mol. The highest BCUT2D eigenvalue weighted by atomic mass is 35.5. The van der Waals surface area contributed by atoms with Gasteiger partial charge in [0.05, 0.1) is 0 Å². The highest BCUT2D eigenvalue weighted by Crippen LogP contribution is 2.24. The van der Waals surface area contributed by atoms with Crippen molar-refractivity contribution in [2.45, 2.75) is 6.04 Å². The summed E-state index contributed by atoms with van der Waals surface area (Å²) in [5.74, 6) is 0. The summed E-state index contributed by atoms with van der Waals surface area (Å²) in [6.45, 7) is 0. The average molecular weight is 194 g/mol. The standard InChI is InChI=1S/C10H8ClNO/c11-8-1-2-9-7(5-8)3-4-12-10(9)6-13/h1-6,10,12H. The highest BCUT2D eigenvalue weighted by molar-refractivity contribution is 6.30. The smallest absolute Gasteiger partial charge is 0.146 e. The fourth-order valence-electron chi connectivity index (χ4n) is 1.42. The quantitative estimate of drug-likeness (QED) is 0.693. The number of halogens is 1. The maximum Gasteiger partial charge on any atom is 0.146 e. The summed E-state index contributed by atoms with van der Waals surface area (Å²) in [6.07, 6.45) is 4.55. The molecule has 1 N–H and O–H groups in total. The molecule has 0 saturated heterocycles. The first-order valence-corrected chi connectivity index (χ1v) is 4.36. The molecule has 0 bridgehead atoms. The molecular formula is C10H8ClNO. The molecular weight excluding hydrogens is 186 g/mol. The van der Waals surface area contributed by atoms with Gasteiger partial charge in [0.2, 0.25) is 0 Å². The van der Waals surface area contributed by atoms with Crippen molar-refractivity contribution >= 4 is 24.0 Å². The van der Waals surface area contributed by atoms with Crippen LogP contribution < -0.4 is 5.32 Å². The highest BCUT2D eigenvalue weighted by Gasteiger charge is 2.14. The van der Waals surface area contributed by atoms with Crippen LogP contribution in [0.15, 0.2) is 24.4 Å². The molecule has 0 fully saturated rings. The first kappa shape index (κ1) is 8.32. The molecule has 0 aliphatic carbocycles. The molecule has 13 heavy (non-hydrogen) atoms. The van der Waals surface area contributed by atoms with Crippen LogP contribution in [-0.4, -0.2) is 6.29 Å². The second kappa shape index (κ2) is 3.23. The fourth-order valence-corrected chi connectivity index (χ4v) is 1.60. The number of carbonyl (C=O) groups is 1. The molecule has 2 rings (SSSR count). The van der Waals surface area contributed by atoms with Crippen molar-refractivity contribution in [3.8, 4) is 0 Å². The number of hydrogen-bond donors (Lipinski definition) is 1. The van der Waals surface area contributed by atoms with Gasteiger partial charge in [-0.1, -0.05) is 17.7 Å². The Morgan fingerprint density at radius 1 is 1.46 bits per heavy atom. The minimum atomic E-state index is -0.239. The van der Waals surface area contributed by atoms with Crippen LogP contribution in [0.25, 0.3) is 6.08 Å². The van der Waals surface area contributed by atoms with Gasteiger partial charge in [0.25, 0.3) is 0 Å². The zero-order valence-corrected chi connectivity index (χ0v) is 7.58. The van der Waals surface area contributed by atoms with E-state index in [2.05, 4.69) is 5.32 Å². The van der Waals surface area contributed by atoms with Crippen LogP contribution in [0.3, 0.4) is 0 Å². The number of fused-ring (bicyclic) bond motifs is 1. The molecule has 1 aromatic rings. The zero-order chi connectivity index (χ0) is 9.26. The fraction of sp³-hybridized carbons (Fsp3) is 0.100. The molecule has 2 nitrogen and oxygen atoms in total. The van der Waals surface area contributed by atoms with Crippen molar-refractivity contribution in [2.75, 3.05) is 0 Å². The van der Waals surface area contributed by atoms with Gasteiger partial charge in [-0.2, -0.15) is 0 Å². The Labute approximate surface area is 81.2 Å². The van der Waals surface area contributed by atoms with E-state index in [1.54, 1.807) is 12.3 Å². The van der Waals surface area contributed by atoms with Gasteiger partial charge in [0, 0.05) is 5.02 Å². The largest absolute Gasteiger partial charge is 0.378 e. The van der Waals surface area contributed by atoms with Crippen LogP contribution in [-0.2, 0) is 4.79 Å². The second-order valence-electron chi connectivity index (χ2n) is 2.89. The Morgan fingerprint density at radius 3 is 3.08 bits per heavy atom. The van der Waals surface area contributed by atoms with E-state index in [9.17, 15) is 4.79 Å². The topological polar surface area (TPSA) is 29.1 Å². The SMILES string of the molecule is O=CC1NC=Cc2cc(Cl)ccc21. The van der Waals surface area contributed by atoms with Crippen LogP contribution in [0.5, 0.6) is 0 Å². The molecule has 0 amide bonds. The van der Waals surface area contributed by atoms with Crippen LogP contribution in [0.4, 0.5) is 0 Å². The summed E-state index contributed by atoms with van der Waals surface area (Å²) in [4.78, 5) is 10.7. The molecule has 0 radical (unpaired) electrons. The summed E-state index contributed by atoms with van der Waals surface area (Å²) in [5, 5.41) is 3.64.